The van der Waals surface area contributed by atoms with Crippen molar-refractivity contribution in [3.8, 4) is 0 Å². The van der Waals surface area contributed by atoms with Crippen LogP contribution in [0.1, 0.15) is 33.6 Å². The molecule has 0 aliphatic carbocycles. The maximum Gasteiger partial charge on any atom is 0.315 e. The largest absolute Gasteiger partial charge is 0.336 e. The molecule has 3 rings (SSSR count). The van der Waals surface area contributed by atoms with Gasteiger partial charge in [0.05, 0.1) is 17.6 Å². The second-order valence-electron chi connectivity index (χ2n) is 5.68. The monoisotopic (exact) mass is 350 g/mol. The van der Waals surface area contributed by atoms with Crippen LogP contribution in [0.15, 0.2) is 23.7 Å². The Morgan fingerprint density at radius 2 is 2.22 bits per heavy atom. The van der Waals surface area contributed by atoms with E-state index in [1.165, 1.54) is 17.7 Å². The Labute approximate surface area is 144 Å². The van der Waals surface area contributed by atoms with Crippen molar-refractivity contribution in [1.29, 1.82) is 0 Å². The number of aromatic nitrogens is 1. The molecule has 0 saturated carbocycles. The van der Waals surface area contributed by atoms with Crippen molar-refractivity contribution >= 4 is 28.7 Å². The average Bonchev–Trinajstić information content (AvgIpc) is 3.28. The molecule has 124 valence electrons. The summed E-state index contributed by atoms with van der Waals surface area (Å²) in [5.41, 5.74) is 0. The third-order valence-corrected chi connectivity index (χ3v) is 5.89. The van der Waals surface area contributed by atoms with Gasteiger partial charge < -0.3 is 10.6 Å². The molecule has 2 aromatic rings. The average molecular weight is 351 g/mol. The highest BCUT2D eigenvalue weighted by Gasteiger charge is 2.24. The lowest BCUT2D eigenvalue weighted by Crippen LogP contribution is -2.41. The van der Waals surface area contributed by atoms with E-state index in [4.69, 9.17) is 0 Å². The zero-order valence-electron chi connectivity index (χ0n) is 13.2. The van der Waals surface area contributed by atoms with Crippen molar-refractivity contribution in [2.45, 2.75) is 32.4 Å². The van der Waals surface area contributed by atoms with Crippen LogP contribution in [0.5, 0.6) is 0 Å². The minimum Gasteiger partial charge on any atom is -0.336 e. The van der Waals surface area contributed by atoms with E-state index in [1.807, 2.05) is 13.1 Å². The molecule has 0 bridgehead atoms. The zero-order chi connectivity index (χ0) is 16.1. The van der Waals surface area contributed by atoms with Gasteiger partial charge in [0.25, 0.3) is 0 Å². The van der Waals surface area contributed by atoms with Crippen molar-refractivity contribution in [3.63, 3.8) is 0 Å². The van der Waals surface area contributed by atoms with Crippen LogP contribution in [0.25, 0.3) is 0 Å². The lowest BCUT2D eigenvalue weighted by Gasteiger charge is -2.26. The van der Waals surface area contributed by atoms with Gasteiger partial charge in [0.2, 0.25) is 0 Å². The summed E-state index contributed by atoms with van der Waals surface area (Å²) in [5, 5.41) is 9.06. The van der Waals surface area contributed by atoms with Crippen molar-refractivity contribution in [2.75, 3.05) is 19.6 Å². The van der Waals surface area contributed by atoms with Crippen LogP contribution in [-0.4, -0.2) is 35.5 Å². The first-order valence-electron chi connectivity index (χ1n) is 7.93. The predicted molar refractivity (Wildman–Crippen MR) is 95.0 cm³/mol. The molecule has 1 saturated heterocycles. The number of carbonyl (C=O) groups is 1. The van der Waals surface area contributed by atoms with E-state index >= 15 is 0 Å². The molecule has 23 heavy (non-hydrogen) atoms. The lowest BCUT2D eigenvalue weighted by atomic mass is 10.2. The van der Waals surface area contributed by atoms with E-state index in [9.17, 15) is 4.79 Å². The van der Waals surface area contributed by atoms with E-state index in [0.29, 0.717) is 13.1 Å². The van der Waals surface area contributed by atoms with Crippen molar-refractivity contribution in [1.82, 2.24) is 20.5 Å². The molecule has 0 radical (unpaired) electrons. The van der Waals surface area contributed by atoms with E-state index in [-0.39, 0.29) is 12.1 Å². The van der Waals surface area contributed by atoms with Crippen LogP contribution in [0.4, 0.5) is 4.79 Å². The molecule has 5 nitrogen and oxygen atoms in total. The van der Waals surface area contributed by atoms with E-state index in [0.717, 1.165) is 23.0 Å². The predicted octanol–water partition coefficient (Wildman–Crippen LogP) is 3.15. The minimum atomic E-state index is -0.114. The fourth-order valence-corrected chi connectivity index (χ4v) is 4.45. The first-order valence-corrected chi connectivity index (χ1v) is 9.62. The summed E-state index contributed by atoms with van der Waals surface area (Å²) >= 11 is 3.37. The topological polar surface area (TPSA) is 57.3 Å². The summed E-state index contributed by atoms with van der Waals surface area (Å²) in [5.74, 6) is 0. The zero-order valence-corrected chi connectivity index (χ0v) is 14.9. The van der Waals surface area contributed by atoms with Crippen molar-refractivity contribution in [2.24, 2.45) is 0 Å². The molecular weight excluding hydrogens is 328 g/mol. The normalized spacial score (nSPS) is 16.4. The number of thiophene rings is 1. The van der Waals surface area contributed by atoms with Crippen LogP contribution < -0.4 is 10.6 Å². The maximum absolute atomic E-state index is 12.1. The molecule has 0 spiro atoms. The van der Waals surface area contributed by atoms with Gasteiger partial charge in [-0.2, -0.15) is 0 Å². The van der Waals surface area contributed by atoms with Crippen molar-refractivity contribution < 1.29 is 4.79 Å². The SMILES string of the molecule is Cc1ncc(CNC(=O)NCC(c2cccs2)N2CCCC2)s1. The van der Waals surface area contributed by atoms with E-state index in [2.05, 4.69) is 38.0 Å². The van der Waals surface area contributed by atoms with E-state index < -0.39 is 0 Å². The highest BCUT2D eigenvalue weighted by molar-refractivity contribution is 7.11. The number of aryl methyl sites for hydroxylation is 1. The Balaban J connectivity index is 1.50. The molecule has 0 aromatic carbocycles. The molecule has 1 unspecified atom stereocenters. The summed E-state index contributed by atoms with van der Waals surface area (Å²) in [7, 11) is 0. The Morgan fingerprint density at radius 1 is 1.39 bits per heavy atom. The molecule has 1 fully saturated rings. The number of thiazole rings is 1. The molecule has 2 N–H and O–H groups in total. The second kappa shape index (κ2) is 7.90. The molecule has 2 amide bonds. The van der Waals surface area contributed by atoms with Gasteiger partial charge in [0.1, 0.15) is 0 Å². The van der Waals surface area contributed by atoms with Gasteiger partial charge in [-0.25, -0.2) is 9.78 Å². The van der Waals surface area contributed by atoms with Crippen LogP contribution in [0.2, 0.25) is 0 Å². The van der Waals surface area contributed by atoms with Crippen LogP contribution >= 0.6 is 22.7 Å². The van der Waals surface area contributed by atoms with E-state index in [1.54, 1.807) is 22.7 Å². The maximum atomic E-state index is 12.1. The van der Waals surface area contributed by atoms with Gasteiger partial charge in [0.15, 0.2) is 0 Å². The first-order chi connectivity index (χ1) is 11.2. The second-order valence-corrected chi connectivity index (χ2v) is 7.98. The molecular formula is C16H22N4OS2. The summed E-state index contributed by atoms with van der Waals surface area (Å²) < 4.78 is 0. The van der Waals surface area contributed by atoms with Crippen molar-refractivity contribution in [3.05, 3.63) is 38.5 Å². The van der Waals surface area contributed by atoms with Gasteiger partial charge in [-0.1, -0.05) is 6.07 Å². The molecule has 1 aliphatic heterocycles. The number of rotatable bonds is 6. The number of hydrogen-bond donors (Lipinski definition) is 2. The Kier molecular flexibility index (Phi) is 5.64. The van der Waals surface area contributed by atoms with Gasteiger partial charge in [-0.3, -0.25) is 4.90 Å². The molecule has 1 aliphatic rings. The number of hydrogen-bond acceptors (Lipinski definition) is 5. The number of nitrogens with one attached hydrogen (secondary N) is 2. The number of urea groups is 1. The molecule has 2 aromatic heterocycles. The number of carbonyl (C=O) groups excluding carboxylic acids is 1. The summed E-state index contributed by atoms with van der Waals surface area (Å²) in [6, 6.07) is 4.41. The summed E-state index contributed by atoms with van der Waals surface area (Å²) in [4.78, 5) is 21.1. The molecule has 7 heteroatoms. The highest BCUT2D eigenvalue weighted by atomic mass is 32.1. The number of nitrogens with zero attached hydrogens (tertiary/aromatic N) is 2. The lowest BCUT2D eigenvalue weighted by molar-refractivity contribution is 0.222. The first kappa shape index (κ1) is 16.4. The van der Waals surface area contributed by atoms with Crippen LogP contribution in [-0.2, 0) is 6.54 Å². The summed E-state index contributed by atoms with van der Waals surface area (Å²) in [6.45, 7) is 5.38. The quantitative estimate of drug-likeness (QED) is 0.841. The fourth-order valence-electron chi connectivity index (χ4n) is 2.85. The third kappa shape index (κ3) is 4.53. The van der Waals surface area contributed by atoms with Gasteiger partial charge >= 0.3 is 6.03 Å². The number of likely N-dealkylation sites (tertiary alicyclic amines) is 1. The highest BCUT2D eigenvalue weighted by Crippen LogP contribution is 2.27. The summed E-state index contributed by atoms with van der Waals surface area (Å²) in [6.07, 6.45) is 4.32. The van der Waals surface area contributed by atoms with Gasteiger partial charge in [-0.05, 0) is 44.3 Å². The molecule has 1 atom stereocenters. The Hall–Kier alpha value is -1.44. The Bertz CT molecular complexity index is 620. The van der Waals surface area contributed by atoms with Crippen LogP contribution in [0, 0.1) is 6.92 Å². The fraction of sp³-hybridized carbons (Fsp3) is 0.500. The minimum absolute atomic E-state index is 0.114. The Morgan fingerprint density at radius 3 is 2.87 bits per heavy atom. The number of amides is 2. The van der Waals surface area contributed by atoms with Crippen LogP contribution in [0.3, 0.4) is 0 Å². The third-order valence-electron chi connectivity index (χ3n) is 4.00. The van der Waals surface area contributed by atoms with Gasteiger partial charge in [0, 0.05) is 22.5 Å². The smallest absolute Gasteiger partial charge is 0.315 e. The van der Waals surface area contributed by atoms with Gasteiger partial charge in [-0.15, -0.1) is 22.7 Å². The standard InChI is InChI=1S/C16H22N4OS2/c1-12-17-9-13(23-12)10-18-16(21)19-11-14(15-5-4-8-22-15)20-6-2-3-7-20/h4-5,8-9,14H,2-3,6-7,10-11H2,1H3,(H2,18,19,21). The molecule has 3 heterocycles.